The summed E-state index contributed by atoms with van der Waals surface area (Å²) in [6.07, 6.45) is 1.50. The average Bonchev–Trinajstić information content (AvgIpc) is 2.61. The van der Waals surface area contributed by atoms with Crippen LogP contribution in [-0.4, -0.2) is 10.9 Å². The van der Waals surface area contributed by atoms with E-state index in [0.717, 1.165) is 0 Å². The standard InChI is InChI=1S/C18H12Cl2FN3O/c19-14-2-1-3-15(17(14)20)24-16-9-8-13(10-22-16)23-18(25)11-4-6-12(21)7-5-11/h1-10H,(H,22,24)(H,23,25). The van der Waals surface area contributed by atoms with E-state index in [4.69, 9.17) is 23.2 Å². The highest BCUT2D eigenvalue weighted by atomic mass is 35.5. The second-order valence-electron chi connectivity index (χ2n) is 5.12. The highest BCUT2D eigenvalue weighted by molar-refractivity contribution is 6.43. The molecule has 3 aromatic rings. The van der Waals surface area contributed by atoms with Crippen LogP contribution in [0.5, 0.6) is 0 Å². The molecule has 126 valence electrons. The van der Waals surface area contributed by atoms with Crippen molar-refractivity contribution >= 4 is 46.3 Å². The molecule has 0 atom stereocenters. The Morgan fingerprint density at radius 3 is 2.44 bits per heavy atom. The number of carbonyl (C=O) groups is 1. The third-order valence-electron chi connectivity index (χ3n) is 3.34. The van der Waals surface area contributed by atoms with E-state index >= 15 is 0 Å². The first-order valence-corrected chi connectivity index (χ1v) is 8.02. The minimum Gasteiger partial charge on any atom is -0.339 e. The van der Waals surface area contributed by atoms with Gasteiger partial charge >= 0.3 is 0 Å². The summed E-state index contributed by atoms with van der Waals surface area (Å²) in [4.78, 5) is 16.3. The van der Waals surface area contributed by atoms with E-state index in [2.05, 4.69) is 15.6 Å². The number of halogens is 3. The quantitative estimate of drug-likeness (QED) is 0.630. The van der Waals surface area contributed by atoms with Gasteiger partial charge < -0.3 is 10.6 Å². The number of hydrogen-bond donors (Lipinski definition) is 2. The van der Waals surface area contributed by atoms with Gasteiger partial charge in [-0.3, -0.25) is 4.79 Å². The Labute approximate surface area is 153 Å². The molecule has 1 amide bonds. The maximum atomic E-state index is 12.9. The third-order valence-corrected chi connectivity index (χ3v) is 4.16. The van der Waals surface area contributed by atoms with Gasteiger partial charge in [0.2, 0.25) is 0 Å². The first kappa shape index (κ1) is 17.2. The zero-order chi connectivity index (χ0) is 17.8. The summed E-state index contributed by atoms with van der Waals surface area (Å²) >= 11 is 12.1. The molecule has 2 aromatic carbocycles. The fourth-order valence-corrected chi connectivity index (χ4v) is 2.43. The van der Waals surface area contributed by atoms with Gasteiger partial charge in [0.05, 0.1) is 27.6 Å². The molecule has 0 radical (unpaired) electrons. The van der Waals surface area contributed by atoms with Crippen molar-refractivity contribution in [3.63, 3.8) is 0 Å². The lowest BCUT2D eigenvalue weighted by atomic mass is 10.2. The molecule has 0 saturated carbocycles. The fourth-order valence-electron chi connectivity index (χ4n) is 2.08. The van der Waals surface area contributed by atoms with E-state index < -0.39 is 5.82 Å². The first-order valence-electron chi connectivity index (χ1n) is 7.27. The second-order valence-corrected chi connectivity index (χ2v) is 5.90. The van der Waals surface area contributed by atoms with Crippen molar-refractivity contribution in [2.45, 2.75) is 0 Å². The number of hydrogen-bond acceptors (Lipinski definition) is 3. The maximum Gasteiger partial charge on any atom is 0.255 e. The highest BCUT2D eigenvalue weighted by Crippen LogP contribution is 2.31. The van der Waals surface area contributed by atoms with Crippen molar-refractivity contribution in [1.82, 2.24) is 4.98 Å². The number of aromatic nitrogens is 1. The molecule has 7 heteroatoms. The number of carbonyl (C=O) groups excluding carboxylic acids is 1. The van der Waals surface area contributed by atoms with Crippen LogP contribution in [0.3, 0.4) is 0 Å². The Hall–Kier alpha value is -2.63. The Kier molecular flexibility index (Phi) is 5.16. The predicted molar refractivity (Wildman–Crippen MR) is 98.3 cm³/mol. The summed E-state index contributed by atoms with van der Waals surface area (Å²) < 4.78 is 12.9. The average molecular weight is 376 g/mol. The smallest absolute Gasteiger partial charge is 0.255 e. The lowest BCUT2D eigenvalue weighted by Gasteiger charge is -2.10. The minimum absolute atomic E-state index is 0.347. The van der Waals surface area contributed by atoms with E-state index in [1.54, 1.807) is 30.3 Å². The van der Waals surface area contributed by atoms with Crippen molar-refractivity contribution in [3.8, 4) is 0 Å². The van der Waals surface area contributed by atoms with Crippen molar-refractivity contribution in [2.75, 3.05) is 10.6 Å². The number of nitrogens with one attached hydrogen (secondary N) is 2. The molecule has 0 bridgehead atoms. The number of nitrogens with zero attached hydrogens (tertiary/aromatic N) is 1. The van der Waals surface area contributed by atoms with Crippen molar-refractivity contribution in [1.29, 1.82) is 0 Å². The minimum atomic E-state index is -0.395. The van der Waals surface area contributed by atoms with Crippen molar-refractivity contribution in [3.05, 3.63) is 82.2 Å². The molecule has 0 aliphatic heterocycles. The van der Waals surface area contributed by atoms with Gasteiger partial charge in [0.15, 0.2) is 0 Å². The number of amides is 1. The lowest BCUT2D eigenvalue weighted by molar-refractivity contribution is 0.102. The molecular weight excluding hydrogens is 364 g/mol. The maximum absolute atomic E-state index is 12.9. The van der Waals surface area contributed by atoms with E-state index in [9.17, 15) is 9.18 Å². The summed E-state index contributed by atoms with van der Waals surface area (Å²) in [6.45, 7) is 0. The monoisotopic (exact) mass is 375 g/mol. The van der Waals surface area contributed by atoms with Crippen LogP contribution in [0.1, 0.15) is 10.4 Å². The van der Waals surface area contributed by atoms with Gasteiger partial charge in [0.25, 0.3) is 5.91 Å². The molecule has 0 fully saturated rings. The summed E-state index contributed by atoms with van der Waals surface area (Å²) in [5.74, 6) is -0.197. The molecule has 0 unspecified atom stereocenters. The number of rotatable bonds is 4. The van der Waals surface area contributed by atoms with E-state index in [-0.39, 0.29) is 5.91 Å². The molecule has 0 saturated heterocycles. The van der Waals surface area contributed by atoms with Crippen LogP contribution in [0.4, 0.5) is 21.6 Å². The summed E-state index contributed by atoms with van der Waals surface area (Å²) in [5, 5.41) is 6.58. The second kappa shape index (κ2) is 7.51. The van der Waals surface area contributed by atoms with E-state index in [1.807, 2.05) is 0 Å². The third kappa shape index (κ3) is 4.26. The van der Waals surface area contributed by atoms with Crippen molar-refractivity contribution < 1.29 is 9.18 Å². The molecule has 1 aromatic heterocycles. The first-order chi connectivity index (χ1) is 12.0. The van der Waals surface area contributed by atoms with Gasteiger partial charge in [-0.1, -0.05) is 29.3 Å². The molecule has 3 rings (SSSR count). The van der Waals surface area contributed by atoms with Crippen LogP contribution in [-0.2, 0) is 0 Å². The van der Waals surface area contributed by atoms with Gasteiger partial charge in [-0.25, -0.2) is 9.37 Å². The van der Waals surface area contributed by atoms with Crippen LogP contribution in [0, 0.1) is 5.82 Å². The zero-order valence-electron chi connectivity index (χ0n) is 12.8. The Morgan fingerprint density at radius 1 is 1.00 bits per heavy atom. The predicted octanol–water partition coefficient (Wildman–Crippen LogP) is 5.52. The summed E-state index contributed by atoms with van der Waals surface area (Å²) in [7, 11) is 0. The van der Waals surface area contributed by atoms with Crippen molar-refractivity contribution in [2.24, 2.45) is 0 Å². The summed E-state index contributed by atoms with van der Waals surface area (Å²) in [6, 6.07) is 13.9. The summed E-state index contributed by atoms with van der Waals surface area (Å²) in [5.41, 5.74) is 1.50. The van der Waals surface area contributed by atoms with Gasteiger partial charge in [0.1, 0.15) is 11.6 Å². The lowest BCUT2D eigenvalue weighted by Crippen LogP contribution is -2.12. The van der Waals surface area contributed by atoms with E-state index in [0.29, 0.717) is 32.8 Å². The molecule has 0 spiro atoms. The van der Waals surface area contributed by atoms with Gasteiger partial charge in [-0.2, -0.15) is 0 Å². The SMILES string of the molecule is O=C(Nc1ccc(Nc2cccc(Cl)c2Cl)nc1)c1ccc(F)cc1. The fraction of sp³-hybridized carbons (Fsp3) is 0. The Balaban J connectivity index is 1.69. The molecule has 1 heterocycles. The van der Waals surface area contributed by atoms with Crippen LogP contribution >= 0.6 is 23.2 Å². The number of anilines is 3. The molecule has 0 aliphatic carbocycles. The molecule has 2 N–H and O–H groups in total. The van der Waals surface area contributed by atoms with Gasteiger partial charge in [-0.15, -0.1) is 0 Å². The Bertz CT molecular complexity index is 899. The number of pyridine rings is 1. The zero-order valence-corrected chi connectivity index (χ0v) is 14.3. The molecule has 25 heavy (non-hydrogen) atoms. The Morgan fingerprint density at radius 2 is 1.76 bits per heavy atom. The van der Waals surface area contributed by atoms with E-state index in [1.165, 1.54) is 30.5 Å². The normalized spacial score (nSPS) is 10.4. The highest BCUT2D eigenvalue weighted by Gasteiger charge is 2.08. The number of benzene rings is 2. The molecular formula is C18H12Cl2FN3O. The largest absolute Gasteiger partial charge is 0.339 e. The van der Waals surface area contributed by atoms with Crippen LogP contribution in [0.25, 0.3) is 0 Å². The van der Waals surface area contributed by atoms with Crippen LogP contribution in [0.15, 0.2) is 60.8 Å². The van der Waals surface area contributed by atoms with Crippen LogP contribution in [0.2, 0.25) is 10.0 Å². The molecule has 0 aliphatic rings. The van der Waals surface area contributed by atoms with Gasteiger partial charge in [-0.05, 0) is 48.5 Å². The topological polar surface area (TPSA) is 54.0 Å². The van der Waals surface area contributed by atoms with Crippen LogP contribution < -0.4 is 10.6 Å². The molecule has 4 nitrogen and oxygen atoms in total. The van der Waals surface area contributed by atoms with Gasteiger partial charge in [0, 0.05) is 5.56 Å².